The van der Waals surface area contributed by atoms with Crippen molar-refractivity contribution in [3.8, 4) is 0 Å². The van der Waals surface area contributed by atoms with Crippen LogP contribution in [-0.2, 0) is 23.5 Å². The largest absolute Gasteiger partial charge is 0.337 e. The molecule has 0 saturated carbocycles. The summed E-state index contributed by atoms with van der Waals surface area (Å²) in [5.41, 5.74) is 3.00. The summed E-state index contributed by atoms with van der Waals surface area (Å²) in [6.07, 6.45) is 2.17. The smallest absolute Gasteiger partial charge is 0.263 e. The summed E-state index contributed by atoms with van der Waals surface area (Å²) in [5, 5.41) is 0.479. The standard InChI is InChI=1S/C20H18ClN3O2S/c21-15-6-7-18-22-17-8-9-23(11-16(17)20(26)24(18)10-15)19(25)13-27-12-14-4-2-1-3-5-14/h1-7,10H,8-9,11-13H2. The van der Waals surface area contributed by atoms with Crippen molar-refractivity contribution in [1.29, 1.82) is 0 Å². The monoisotopic (exact) mass is 399 g/mol. The molecule has 3 heterocycles. The molecule has 4 rings (SSSR count). The van der Waals surface area contributed by atoms with Crippen molar-refractivity contribution in [2.75, 3.05) is 12.3 Å². The first-order valence-electron chi connectivity index (χ1n) is 8.71. The van der Waals surface area contributed by atoms with Gasteiger partial charge in [0.05, 0.1) is 28.6 Å². The van der Waals surface area contributed by atoms with E-state index in [0.29, 0.717) is 41.5 Å². The van der Waals surface area contributed by atoms with Gasteiger partial charge in [-0.15, -0.1) is 11.8 Å². The SMILES string of the molecule is O=C(CSCc1ccccc1)N1CCc2nc3ccc(Cl)cn3c(=O)c2C1. The highest BCUT2D eigenvalue weighted by atomic mass is 35.5. The summed E-state index contributed by atoms with van der Waals surface area (Å²) in [5.74, 6) is 1.25. The molecule has 0 spiro atoms. The Morgan fingerprint density at radius 1 is 1.19 bits per heavy atom. The van der Waals surface area contributed by atoms with Gasteiger partial charge in [-0.2, -0.15) is 0 Å². The highest BCUT2D eigenvalue weighted by Gasteiger charge is 2.24. The normalized spacial score (nSPS) is 13.6. The number of carbonyl (C=O) groups is 1. The van der Waals surface area contributed by atoms with Crippen molar-refractivity contribution in [3.63, 3.8) is 0 Å². The lowest BCUT2D eigenvalue weighted by molar-refractivity contribution is -0.129. The third-order valence-electron chi connectivity index (χ3n) is 4.62. The minimum absolute atomic E-state index is 0.0529. The molecule has 3 aromatic rings. The van der Waals surface area contributed by atoms with E-state index in [2.05, 4.69) is 17.1 Å². The molecular formula is C20H18ClN3O2S. The summed E-state index contributed by atoms with van der Waals surface area (Å²) in [6.45, 7) is 0.898. The van der Waals surface area contributed by atoms with Crippen molar-refractivity contribution in [2.45, 2.75) is 18.7 Å². The van der Waals surface area contributed by atoms with Crippen LogP contribution in [0.15, 0.2) is 53.5 Å². The Labute approximate surface area is 166 Å². The minimum Gasteiger partial charge on any atom is -0.337 e. The number of halogens is 1. The summed E-state index contributed by atoms with van der Waals surface area (Å²) in [7, 11) is 0. The van der Waals surface area contributed by atoms with Crippen LogP contribution >= 0.6 is 23.4 Å². The average molecular weight is 400 g/mol. The maximum absolute atomic E-state index is 12.8. The highest BCUT2D eigenvalue weighted by Crippen LogP contribution is 2.19. The Bertz CT molecular complexity index is 1050. The van der Waals surface area contributed by atoms with Gasteiger partial charge >= 0.3 is 0 Å². The molecular weight excluding hydrogens is 382 g/mol. The predicted octanol–water partition coefficient (Wildman–Crippen LogP) is 3.17. The maximum atomic E-state index is 12.8. The molecule has 0 fully saturated rings. The van der Waals surface area contributed by atoms with Crippen LogP contribution in [0.4, 0.5) is 0 Å². The molecule has 1 aliphatic heterocycles. The lowest BCUT2D eigenvalue weighted by atomic mass is 10.1. The molecule has 5 nitrogen and oxygen atoms in total. The van der Waals surface area contributed by atoms with Gasteiger partial charge in [0.1, 0.15) is 5.65 Å². The van der Waals surface area contributed by atoms with Gasteiger partial charge in [-0.05, 0) is 17.7 Å². The molecule has 2 aromatic heterocycles. The first-order valence-corrected chi connectivity index (χ1v) is 10.2. The Morgan fingerprint density at radius 3 is 2.81 bits per heavy atom. The minimum atomic E-state index is -0.146. The molecule has 0 N–H and O–H groups in total. The second-order valence-corrected chi connectivity index (χ2v) is 7.88. The molecule has 0 aliphatic carbocycles. The summed E-state index contributed by atoms with van der Waals surface area (Å²) in [6, 6.07) is 13.5. The molecule has 0 atom stereocenters. The molecule has 0 saturated heterocycles. The second kappa shape index (κ2) is 7.74. The van der Waals surface area contributed by atoms with E-state index >= 15 is 0 Å². The fourth-order valence-electron chi connectivity index (χ4n) is 3.21. The average Bonchev–Trinajstić information content (AvgIpc) is 2.69. The van der Waals surface area contributed by atoms with Gasteiger partial charge in [-0.1, -0.05) is 41.9 Å². The Morgan fingerprint density at radius 2 is 2.00 bits per heavy atom. The van der Waals surface area contributed by atoms with Gasteiger partial charge in [-0.3, -0.25) is 14.0 Å². The van der Waals surface area contributed by atoms with Crippen LogP contribution < -0.4 is 5.56 Å². The quantitative estimate of drug-likeness (QED) is 0.676. The maximum Gasteiger partial charge on any atom is 0.263 e. The second-order valence-electron chi connectivity index (χ2n) is 6.46. The molecule has 27 heavy (non-hydrogen) atoms. The third kappa shape index (κ3) is 3.87. The predicted molar refractivity (Wildman–Crippen MR) is 108 cm³/mol. The number of hydrogen-bond acceptors (Lipinski definition) is 4. The molecule has 138 valence electrons. The number of benzene rings is 1. The fraction of sp³-hybridized carbons (Fsp3) is 0.250. The van der Waals surface area contributed by atoms with E-state index in [1.54, 1.807) is 35.0 Å². The lowest BCUT2D eigenvalue weighted by Crippen LogP contribution is -2.41. The zero-order chi connectivity index (χ0) is 18.8. The van der Waals surface area contributed by atoms with E-state index < -0.39 is 0 Å². The van der Waals surface area contributed by atoms with Crippen LogP contribution in [-0.4, -0.2) is 32.5 Å². The van der Waals surface area contributed by atoms with Gasteiger partial charge in [-0.25, -0.2) is 4.98 Å². The van der Waals surface area contributed by atoms with Crippen LogP contribution in [0.3, 0.4) is 0 Å². The van der Waals surface area contributed by atoms with Crippen molar-refractivity contribution >= 4 is 34.9 Å². The number of nitrogens with zero attached hydrogens (tertiary/aromatic N) is 3. The summed E-state index contributed by atoms with van der Waals surface area (Å²) in [4.78, 5) is 31.7. The Balaban J connectivity index is 1.47. The number of pyridine rings is 1. The molecule has 1 aromatic carbocycles. The number of hydrogen-bond donors (Lipinski definition) is 0. The first kappa shape index (κ1) is 18.1. The van der Waals surface area contributed by atoms with Crippen molar-refractivity contribution < 1.29 is 4.79 Å². The van der Waals surface area contributed by atoms with Gasteiger partial charge in [0.2, 0.25) is 5.91 Å². The van der Waals surface area contributed by atoms with E-state index in [1.807, 2.05) is 18.2 Å². The highest BCUT2D eigenvalue weighted by molar-refractivity contribution is 7.99. The van der Waals surface area contributed by atoms with Crippen LogP contribution in [0, 0.1) is 0 Å². The molecule has 1 aliphatic rings. The number of aromatic nitrogens is 2. The lowest BCUT2D eigenvalue weighted by Gasteiger charge is -2.28. The topological polar surface area (TPSA) is 54.7 Å². The van der Waals surface area contributed by atoms with Crippen molar-refractivity contribution in [3.05, 3.63) is 80.9 Å². The van der Waals surface area contributed by atoms with Crippen LogP contribution in [0.1, 0.15) is 16.8 Å². The zero-order valence-electron chi connectivity index (χ0n) is 14.6. The van der Waals surface area contributed by atoms with Crippen molar-refractivity contribution in [1.82, 2.24) is 14.3 Å². The van der Waals surface area contributed by atoms with E-state index in [9.17, 15) is 9.59 Å². The third-order valence-corrected chi connectivity index (χ3v) is 5.84. The van der Waals surface area contributed by atoms with Gasteiger partial charge in [0, 0.05) is 24.9 Å². The number of thioether (sulfide) groups is 1. The van der Waals surface area contributed by atoms with Gasteiger partial charge in [0.25, 0.3) is 5.56 Å². The molecule has 0 bridgehead atoms. The molecule has 1 amide bonds. The fourth-order valence-corrected chi connectivity index (χ4v) is 4.25. The Hall–Kier alpha value is -2.31. The number of fused-ring (bicyclic) bond motifs is 2. The van der Waals surface area contributed by atoms with Crippen molar-refractivity contribution in [2.24, 2.45) is 0 Å². The Kier molecular flexibility index (Phi) is 5.18. The van der Waals surface area contributed by atoms with E-state index in [-0.39, 0.29) is 11.5 Å². The van der Waals surface area contributed by atoms with E-state index in [4.69, 9.17) is 11.6 Å². The molecule has 0 radical (unpaired) electrons. The summed E-state index contributed by atoms with van der Waals surface area (Å²) >= 11 is 7.60. The zero-order valence-corrected chi connectivity index (χ0v) is 16.2. The van der Waals surface area contributed by atoms with Gasteiger partial charge < -0.3 is 4.90 Å². The van der Waals surface area contributed by atoms with Gasteiger partial charge in [0.15, 0.2) is 0 Å². The number of amides is 1. The van der Waals surface area contributed by atoms with Crippen LogP contribution in [0.25, 0.3) is 5.65 Å². The molecule has 7 heteroatoms. The number of carbonyl (C=O) groups excluding carboxylic acids is 1. The van der Waals surface area contributed by atoms with Crippen LogP contribution in [0.2, 0.25) is 5.02 Å². The summed E-state index contributed by atoms with van der Waals surface area (Å²) < 4.78 is 1.46. The first-order chi connectivity index (χ1) is 13.1. The van der Waals surface area contributed by atoms with Crippen LogP contribution in [0.5, 0.6) is 0 Å². The van der Waals surface area contributed by atoms with E-state index in [1.165, 1.54) is 9.96 Å². The number of rotatable bonds is 4. The molecule has 0 unspecified atom stereocenters. The van der Waals surface area contributed by atoms with E-state index in [0.717, 1.165) is 11.4 Å².